The third kappa shape index (κ3) is 2.44. The molecule has 0 bridgehead atoms. The van der Waals surface area contributed by atoms with E-state index in [-0.39, 0.29) is 22.7 Å². The number of aromatic carboxylic acids is 1. The Labute approximate surface area is 169 Å². The second kappa shape index (κ2) is 6.35. The van der Waals surface area contributed by atoms with Gasteiger partial charge in [-0.15, -0.1) is 0 Å². The zero-order valence-electron chi connectivity index (χ0n) is 15.4. The van der Waals surface area contributed by atoms with Gasteiger partial charge in [0.2, 0.25) is 11.2 Å². The summed E-state index contributed by atoms with van der Waals surface area (Å²) in [7, 11) is 0. The molecule has 3 aromatic carbocycles. The van der Waals surface area contributed by atoms with Crippen molar-refractivity contribution in [3.8, 4) is 33.9 Å². The fourth-order valence-corrected chi connectivity index (χ4v) is 3.95. The minimum absolute atomic E-state index is 0.0729. The lowest BCUT2D eigenvalue weighted by molar-refractivity contribution is 0.0699. The third-order valence-electron chi connectivity index (χ3n) is 5.24. The van der Waals surface area contributed by atoms with Crippen molar-refractivity contribution in [1.29, 1.82) is 0 Å². The molecule has 0 fully saturated rings. The maximum atomic E-state index is 12.0. The van der Waals surface area contributed by atoms with Crippen LogP contribution >= 0.6 is 0 Å². The molecule has 0 saturated heterocycles. The minimum atomic E-state index is -1.07. The molecule has 3 N–H and O–H groups in total. The zero-order valence-corrected chi connectivity index (χ0v) is 15.4. The molecule has 0 spiro atoms. The standard InChI is InChI=1S/C24H14O6/c25-17-11-10-15-20(14-7-3-9-18(26)22(14)30-23(15)21(17)27)13-6-1-4-12-5-2-8-16(19(12)13)24(28)29/h1-11,26-27H,(H,28,29). The van der Waals surface area contributed by atoms with Crippen LogP contribution in [0.15, 0.2) is 75.9 Å². The maximum absolute atomic E-state index is 12.0. The second-order valence-corrected chi connectivity index (χ2v) is 6.93. The monoisotopic (exact) mass is 398 g/mol. The van der Waals surface area contributed by atoms with Gasteiger partial charge in [0.25, 0.3) is 0 Å². The number of benzene rings is 4. The summed E-state index contributed by atoms with van der Waals surface area (Å²) in [6, 6.07) is 18.0. The van der Waals surface area contributed by atoms with Crippen LogP contribution in [0.4, 0.5) is 0 Å². The van der Waals surface area contributed by atoms with Crippen molar-refractivity contribution in [2.75, 3.05) is 0 Å². The summed E-state index contributed by atoms with van der Waals surface area (Å²) in [5.41, 5.74) is 1.16. The van der Waals surface area contributed by atoms with Crippen molar-refractivity contribution in [2.45, 2.75) is 0 Å². The van der Waals surface area contributed by atoms with Crippen LogP contribution in [0.5, 0.6) is 11.5 Å². The van der Waals surface area contributed by atoms with Gasteiger partial charge < -0.3 is 19.7 Å². The maximum Gasteiger partial charge on any atom is 0.336 e. The molecule has 0 aromatic heterocycles. The summed E-state index contributed by atoms with van der Waals surface area (Å²) in [5.74, 6) is -1.88. The Morgan fingerprint density at radius 1 is 0.833 bits per heavy atom. The van der Waals surface area contributed by atoms with Crippen molar-refractivity contribution in [2.24, 2.45) is 0 Å². The number of rotatable bonds is 2. The number of phenols is 2. The molecule has 1 heterocycles. The molecule has 30 heavy (non-hydrogen) atoms. The van der Waals surface area contributed by atoms with Crippen molar-refractivity contribution in [3.05, 3.63) is 82.5 Å². The number of carboxylic acid groups (broad SMARTS) is 1. The van der Waals surface area contributed by atoms with Gasteiger partial charge in [-0.3, -0.25) is 4.79 Å². The largest absolute Gasteiger partial charge is 0.504 e. The van der Waals surface area contributed by atoms with Crippen LogP contribution in [0.25, 0.3) is 44.2 Å². The third-order valence-corrected chi connectivity index (χ3v) is 5.24. The molecule has 3 aromatic rings. The summed E-state index contributed by atoms with van der Waals surface area (Å²) < 4.78 is 5.72. The molecular formula is C24H14O6. The van der Waals surface area contributed by atoms with Crippen LogP contribution < -0.4 is 5.43 Å². The topological polar surface area (TPSA) is 108 Å². The van der Waals surface area contributed by atoms with E-state index < -0.39 is 17.1 Å². The summed E-state index contributed by atoms with van der Waals surface area (Å²) in [6.45, 7) is 0. The van der Waals surface area contributed by atoms with Crippen LogP contribution in [0.2, 0.25) is 0 Å². The van der Waals surface area contributed by atoms with E-state index in [2.05, 4.69) is 0 Å². The average Bonchev–Trinajstić information content (AvgIpc) is 2.75. The van der Waals surface area contributed by atoms with E-state index >= 15 is 0 Å². The SMILES string of the molecule is O=C(O)c1cccc2cccc(-c3c4ccc(=O)c(O)c-4oc4c(O)cccc34)c12. The Morgan fingerprint density at radius 2 is 1.57 bits per heavy atom. The van der Waals surface area contributed by atoms with Crippen LogP contribution in [0, 0.1) is 0 Å². The van der Waals surface area contributed by atoms with E-state index in [1.54, 1.807) is 30.3 Å². The van der Waals surface area contributed by atoms with Gasteiger partial charge in [-0.05, 0) is 35.2 Å². The van der Waals surface area contributed by atoms with Crippen molar-refractivity contribution < 1.29 is 24.5 Å². The second-order valence-electron chi connectivity index (χ2n) is 6.93. The Bertz CT molecular complexity index is 1510. The molecule has 0 unspecified atom stereocenters. The average molecular weight is 398 g/mol. The van der Waals surface area contributed by atoms with Crippen molar-refractivity contribution in [3.63, 3.8) is 0 Å². The lowest BCUT2D eigenvalue weighted by Gasteiger charge is -2.18. The highest BCUT2D eigenvalue weighted by Crippen LogP contribution is 2.46. The van der Waals surface area contributed by atoms with E-state index in [0.717, 1.165) is 5.39 Å². The van der Waals surface area contributed by atoms with Crippen LogP contribution in [-0.4, -0.2) is 21.3 Å². The number of hydrogen-bond acceptors (Lipinski definition) is 5. The number of phenolic OH excluding ortho intramolecular Hbond substituents is 2. The summed E-state index contributed by atoms with van der Waals surface area (Å²) in [5, 5.41) is 32.2. The first-order valence-corrected chi connectivity index (χ1v) is 9.13. The molecule has 6 nitrogen and oxygen atoms in total. The number of para-hydroxylation sites is 1. The Morgan fingerprint density at radius 3 is 2.33 bits per heavy atom. The summed E-state index contributed by atoms with van der Waals surface area (Å²) >= 11 is 0. The van der Waals surface area contributed by atoms with Gasteiger partial charge in [-0.25, -0.2) is 4.79 Å². The minimum Gasteiger partial charge on any atom is -0.504 e. The molecule has 146 valence electrons. The quantitative estimate of drug-likeness (QED) is 0.368. The number of carbonyl (C=O) groups is 1. The first-order chi connectivity index (χ1) is 14.5. The van der Waals surface area contributed by atoms with Crippen molar-refractivity contribution in [1.82, 2.24) is 0 Å². The Kier molecular flexibility index (Phi) is 3.76. The predicted octanol–water partition coefficient (Wildman–Crippen LogP) is 4.83. The zero-order chi connectivity index (χ0) is 21.0. The van der Waals surface area contributed by atoms with Gasteiger partial charge in [0.05, 0.1) is 5.56 Å². The molecule has 0 saturated carbocycles. The van der Waals surface area contributed by atoms with Crippen LogP contribution in [0.3, 0.4) is 0 Å². The molecule has 0 amide bonds. The van der Waals surface area contributed by atoms with Gasteiger partial charge >= 0.3 is 5.97 Å². The van der Waals surface area contributed by atoms with Gasteiger partial charge in [-0.2, -0.15) is 0 Å². The highest BCUT2D eigenvalue weighted by Gasteiger charge is 2.24. The van der Waals surface area contributed by atoms with Crippen LogP contribution in [-0.2, 0) is 0 Å². The van der Waals surface area contributed by atoms with Gasteiger partial charge in [0.15, 0.2) is 17.1 Å². The molecule has 6 heteroatoms. The Hall–Kier alpha value is -4.32. The number of aromatic hydroxyl groups is 2. The fourth-order valence-electron chi connectivity index (χ4n) is 3.95. The van der Waals surface area contributed by atoms with Crippen molar-refractivity contribution >= 4 is 27.7 Å². The highest BCUT2D eigenvalue weighted by atomic mass is 16.4. The summed E-state index contributed by atoms with van der Waals surface area (Å²) in [6.07, 6.45) is 0. The molecule has 5 rings (SSSR count). The predicted molar refractivity (Wildman–Crippen MR) is 112 cm³/mol. The molecule has 2 aliphatic rings. The van der Waals surface area contributed by atoms with E-state index in [9.17, 15) is 24.9 Å². The van der Waals surface area contributed by atoms with E-state index in [4.69, 9.17) is 4.42 Å². The normalized spacial score (nSPS) is 11.3. The van der Waals surface area contributed by atoms with Gasteiger partial charge in [0.1, 0.15) is 0 Å². The molecular weight excluding hydrogens is 384 g/mol. The first-order valence-electron chi connectivity index (χ1n) is 9.13. The molecule has 1 aliphatic carbocycles. The highest BCUT2D eigenvalue weighted by molar-refractivity contribution is 6.15. The smallest absolute Gasteiger partial charge is 0.336 e. The first kappa shape index (κ1) is 17.8. The number of fused-ring (bicyclic) bond motifs is 3. The van der Waals surface area contributed by atoms with Gasteiger partial charge in [-0.1, -0.05) is 42.5 Å². The number of hydrogen-bond donors (Lipinski definition) is 3. The molecule has 0 atom stereocenters. The van der Waals surface area contributed by atoms with Gasteiger partial charge in [0, 0.05) is 21.9 Å². The Balaban J connectivity index is 2.06. The van der Waals surface area contributed by atoms with Crippen LogP contribution in [0.1, 0.15) is 10.4 Å². The summed E-state index contributed by atoms with van der Waals surface area (Å²) in [4.78, 5) is 23.9. The van der Waals surface area contributed by atoms with E-state index in [1.807, 2.05) is 12.1 Å². The lowest BCUT2D eigenvalue weighted by Crippen LogP contribution is -2.03. The number of carboxylic acids is 1. The van der Waals surface area contributed by atoms with E-state index in [1.165, 1.54) is 24.3 Å². The molecule has 1 aliphatic heterocycles. The lowest BCUT2D eigenvalue weighted by atomic mass is 9.88. The van der Waals surface area contributed by atoms with E-state index in [0.29, 0.717) is 27.5 Å². The fraction of sp³-hybridized carbons (Fsp3) is 0. The molecule has 0 radical (unpaired) electrons.